The molecule has 1 heterocycles. The lowest BCUT2D eigenvalue weighted by Crippen LogP contribution is -2.20. The fourth-order valence-electron chi connectivity index (χ4n) is 2.60. The third-order valence-electron chi connectivity index (χ3n) is 4.10. The molecule has 3 aromatic rings. The number of ether oxygens (including phenoxy) is 2. The average Bonchev–Trinajstić information content (AvgIpc) is 2.80. The molecule has 9 nitrogen and oxygen atoms in total. The molecule has 9 heteroatoms. The number of rotatable bonds is 9. The minimum Gasteiger partial charge on any atom is -0.460 e. The number of nitrogens with zero attached hydrogens (tertiary/aromatic N) is 3. The summed E-state index contributed by atoms with van der Waals surface area (Å²) in [5.41, 5.74) is 1.44. The molecule has 1 aromatic heterocycles. The summed E-state index contributed by atoms with van der Waals surface area (Å²) in [6.07, 6.45) is 0.912. The third kappa shape index (κ3) is 5.96. The molecule has 0 radical (unpaired) electrons. The van der Waals surface area contributed by atoms with E-state index >= 15 is 0 Å². The van der Waals surface area contributed by atoms with E-state index in [1.807, 2.05) is 6.07 Å². The first-order valence-electron chi connectivity index (χ1n) is 9.60. The van der Waals surface area contributed by atoms with Gasteiger partial charge in [-0.3, -0.25) is 9.59 Å². The number of ketones is 2. The summed E-state index contributed by atoms with van der Waals surface area (Å²) in [4.78, 5) is 43.9. The Bertz CT molecular complexity index is 1190. The second-order valence-electron chi connectivity index (χ2n) is 6.41. The number of Topliss-reactive ketones (excluding diaryl/α,β-unsaturated/α-hetero) is 2. The van der Waals surface area contributed by atoms with Crippen molar-refractivity contribution in [3.63, 3.8) is 0 Å². The fraction of sp³-hybridized carbons (Fsp3) is 0.130. The Labute approximate surface area is 183 Å². The van der Waals surface area contributed by atoms with Crippen LogP contribution in [0.2, 0.25) is 0 Å². The van der Waals surface area contributed by atoms with Crippen molar-refractivity contribution in [3.05, 3.63) is 71.9 Å². The zero-order valence-electron chi connectivity index (χ0n) is 17.1. The summed E-state index contributed by atoms with van der Waals surface area (Å²) < 4.78 is 10.3. The number of nitriles is 1. The summed E-state index contributed by atoms with van der Waals surface area (Å²) in [5.74, 6) is -1.64. The highest BCUT2D eigenvalue weighted by Crippen LogP contribution is 2.23. The van der Waals surface area contributed by atoms with Crippen molar-refractivity contribution in [1.29, 1.82) is 5.26 Å². The van der Waals surface area contributed by atoms with Gasteiger partial charge in [0.2, 0.25) is 17.6 Å². The first-order valence-corrected chi connectivity index (χ1v) is 9.60. The quantitative estimate of drug-likeness (QED) is 0.234. The molecule has 0 unspecified atom stereocenters. The van der Waals surface area contributed by atoms with Gasteiger partial charge in [0.1, 0.15) is 5.75 Å². The van der Waals surface area contributed by atoms with Gasteiger partial charge in [-0.2, -0.15) is 10.2 Å². The van der Waals surface area contributed by atoms with Crippen LogP contribution in [-0.4, -0.2) is 34.1 Å². The lowest BCUT2D eigenvalue weighted by atomic mass is 10.1. The number of hydrogen-bond acceptors (Lipinski definition) is 9. The lowest BCUT2D eigenvalue weighted by Gasteiger charge is -2.09. The van der Waals surface area contributed by atoms with Crippen molar-refractivity contribution < 1.29 is 23.9 Å². The van der Waals surface area contributed by atoms with Crippen LogP contribution in [0.3, 0.4) is 0 Å². The zero-order chi connectivity index (χ0) is 22.9. The molecule has 0 bridgehead atoms. The molecule has 0 aliphatic heterocycles. The summed E-state index contributed by atoms with van der Waals surface area (Å²) in [6, 6.07) is 16.6. The van der Waals surface area contributed by atoms with Crippen LogP contribution in [0, 0.1) is 11.3 Å². The number of aromatic nitrogens is 2. The SMILES string of the molecule is CCOC(=O)C(=O)CC(=O)c1cccc(Oc2ccnc(Nc3ccc(C#N)cc3)n2)c1. The number of esters is 1. The normalized spacial score (nSPS) is 10.0. The molecule has 0 fully saturated rings. The van der Waals surface area contributed by atoms with Gasteiger partial charge in [0, 0.05) is 23.5 Å². The van der Waals surface area contributed by atoms with Gasteiger partial charge < -0.3 is 14.8 Å². The van der Waals surface area contributed by atoms with E-state index in [0.717, 1.165) is 0 Å². The Morgan fingerprint density at radius 2 is 1.88 bits per heavy atom. The standard InChI is InChI=1S/C23H18N4O5/c1-2-31-22(30)20(29)13-19(28)16-4-3-5-18(12-16)32-21-10-11-25-23(27-21)26-17-8-6-15(14-24)7-9-17/h3-12H,2,13H2,1H3,(H,25,26,27). The van der Waals surface area contributed by atoms with Gasteiger partial charge >= 0.3 is 5.97 Å². The van der Waals surface area contributed by atoms with Gasteiger partial charge in [-0.25, -0.2) is 9.78 Å². The first-order chi connectivity index (χ1) is 15.5. The zero-order valence-corrected chi connectivity index (χ0v) is 17.1. The molecule has 0 aliphatic carbocycles. The highest BCUT2D eigenvalue weighted by molar-refractivity contribution is 6.38. The van der Waals surface area contributed by atoms with E-state index in [9.17, 15) is 14.4 Å². The Kier molecular flexibility index (Phi) is 7.22. The van der Waals surface area contributed by atoms with E-state index in [4.69, 9.17) is 10.00 Å². The van der Waals surface area contributed by atoms with Crippen molar-refractivity contribution >= 4 is 29.2 Å². The maximum Gasteiger partial charge on any atom is 0.375 e. The predicted molar refractivity (Wildman–Crippen MR) is 114 cm³/mol. The van der Waals surface area contributed by atoms with Crippen LogP contribution < -0.4 is 10.1 Å². The fourth-order valence-corrected chi connectivity index (χ4v) is 2.60. The topological polar surface area (TPSA) is 131 Å². The second-order valence-corrected chi connectivity index (χ2v) is 6.41. The molecule has 0 saturated heterocycles. The molecule has 32 heavy (non-hydrogen) atoms. The Hall–Kier alpha value is -4.58. The third-order valence-corrected chi connectivity index (χ3v) is 4.10. The number of carbonyl (C=O) groups is 3. The van der Waals surface area contributed by atoms with Crippen molar-refractivity contribution in [2.45, 2.75) is 13.3 Å². The summed E-state index contributed by atoms with van der Waals surface area (Å²) in [7, 11) is 0. The number of anilines is 2. The van der Waals surface area contributed by atoms with Crippen LogP contribution in [-0.2, 0) is 14.3 Å². The van der Waals surface area contributed by atoms with E-state index in [1.165, 1.54) is 18.3 Å². The van der Waals surface area contributed by atoms with Crippen LogP contribution >= 0.6 is 0 Å². The second kappa shape index (κ2) is 10.4. The van der Waals surface area contributed by atoms with Crippen molar-refractivity contribution in [1.82, 2.24) is 9.97 Å². The minimum absolute atomic E-state index is 0.0586. The van der Waals surface area contributed by atoms with Crippen molar-refractivity contribution in [3.8, 4) is 17.7 Å². The van der Waals surface area contributed by atoms with E-state index in [1.54, 1.807) is 49.4 Å². The molecule has 0 saturated carbocycles. The summed E-state index contributed by atoms with van der Waals surface area (Å²) >= 11 is 0. The number of nitrogens with one attached hydrogen (secondary N) is 1. The van der Waals surface area contributed by atoms with Crippen LogP contribution in [0.5, 0.6) is 11.6 Å². The Balaban J connectivity index is 1.68. The average molecular weight is 430 g/mol. The molecular formula is C23H18N4O5. The van der Waals surface area contributed by atoms with E-state index in [0.29, 0.717) is 17.0 Å². The van der Waals surface area contributed by atoms with Gasteiger partial charge in [0.05, 0.1) is 24.7 Å². The smallest absolute Gasteiger partial charge is 0.375 e. The maximum absolute atomic E-state index is 12.3. The molecular weight excluding hydrogens is 412 g/mol. The minimum atomic E-state index is -1.03. The van der Waals surface area contributed by atoms with Crippen molar-refractivity contribution in [2.24, 2.45) is 0 Å². The first kappa shape index (κ1) is 22.1. The maximum atomic E-state index is 12.3. The molecule has 1 N–H and O–H groups in total. The lowest BCUT2D eigenvalue weighted by molar-refractivity contribution is -0.153. The van der Waals surface area contributed by atoms with Crippen LogP contribution in [0.15, 0.2) is 60.8 Å². The monoisotopic (exact) mass is 430 g/mol. The summed E-state index contributed by atoms with van der Waals surface area (Å²) in [6.45, 7) is 1.63. The van der Waals surface area contributed by atoms with Crippen LogP contribution in [0.1, 0.15) is 29.3 Å². The Morgan fingerprint density at radius 3 is 2.59 bits per heavy atom. The van der Waals surface area contributed by atoms with Crippen LogP contribution in [0.4, 0.5) is 11.6 Å². The highest BCUT2D eigenvalue weighted by atomic mass is 16.5. The molecule has 2 aromatic carbocycles. The summed E-state index contributed by atoms with van der Waals surface area (Å²) in [5, 5.41) is 11.9. The van der Waals surface area contributed by atoms with Gasteiger partial charge in [0.25, 0.3) is 0 Å². The molecule has 0 spiro atoms. The highest BCUT2D eigenvalue weighted by Gasteiger charge is 2.20. The molecule has 3 rings (SSSR count). The van der Waals surface area contributed by atoms with Gasteiger partial charge in [-0.15, -0.1) is 0 Å². The number of carbonyl (C=O) groups excluding carboxylic acids is 3. The molecule has 160 valence electrons. The molecule has 0 atom stereocenters. The largest absolute Gasteiger partial charge is 0.460 e. The number of hydrogen-bond donors (Lipinski definition) is 1. The van der Waals surface area contributed by atoms with E-state index < -0.39 is 24.0 Å². The Morgan fingerprint density at radius 1 is 1.09 bits per heavy atom. The van der Waals surface area contributed by atoms with E-state index in [2.05, 4.69) is 20.0 Å². The van der Waals surface area contributed by atoms with Gasteiger partial charge in [-0.05, 0) is 43.3 Å². The van der Waals surface area contributed by atoms with Gasteiger partial charge in [-0.1, -0.05) is 12.1 Å². The molecule has 0 amide bonds. The van der Waals surface area contributed by atoms with E-state index in [-0.39, 0.29) is 24.0 Å². The van der Waals surface area contributed by atoms with Crippen molar-refractivity contribution in [2.75, 3.05) is 11.9 Å². The predicted octanol–water partition coefficient (Wildman–Crippen LogP) is 3.59. The number of benzene rings is 2. The molecule has 0 aliphatic rings. The van der Waals surface area contributed by atoms with Gasteiger partial charge in [0.15, 0.2) is 5.78 Å². The van der Waals surface area contributed by atoms with Crippen LogP contribution in [0.25, 0.3) is 0 Å².